The van der Waals surface area contributed by atoms with Gasteiger partial charge < -0.3 is 14.6 Å². The summed E-state index contributed by atoms with van der Waals surface area (Å²) in [7, 11) is 0. The summed E-state index contributed by atoms with van der Waals surface area (Å²) in [4.78, 5) is 12.1. The van der Waals surface area contributed by atoms with Crippen LogP contribution >= 0.6 is 0 Å². The van der Waals surface area contributed by atoms with Crippen molar-refractivity contribution >= 4 is 5.91 Å². The molecule has 0 aliphatic heterocycles. The first-order valence-corrected chi connectivity index (χ1v) is 7.12. The van der Waals surface area contributed by atoms with Gasteiger partial charge in [-0.05, 0) is 38.5 Å². The topological polar surface area (TPSA) is 64.4 Å². The van der Waals surface area contributed by atoms with E-state index in [1.807, 2.05) is 6.92 Å². The molecule has 1 aromatic carbocycles. The first kappa shape index (κ1) is 16.9. The van der Waals surface area contributed by atoms with E-state index in [2.05, 4.69) is 15.2 Å². The number of halogens is 2. The molecular weight excluding hydrogens is 306 g/mol. The number of ether oxygens (including phenoxy) is 1. The summed E-state index contributed by atoms with van der Waals surface area (Å²) >= 11 is 0. The van der Waals surface area contributed by atoms with Crippen LogP contribution in [0.25, 0.3) is 0 Å². The molecule has 0 saturated heterocycles. The molecular formula is C16H18F2N2O3. The van der Waals surface area contributed by atoms with Crippen molar-refractivity contribution in [1.29, 1.82) is 0 Å². The van der Waals surface area contributed by atoms with Crippen LogP contribution in [0.5, 0.6) is 5.75 Å². The molecule has 0 radical (unpaired) electrons. The standard InChI is InChI=1S/C16H18F2N2O3/c1-9(12-4-6-13(7-5-12)22-16(17)18)19-15(21)8-14-10(2)20-23-11(14)3/h4-7,9,16H,8H2,1-3H3,(H,19,21). The highest BCUT2D eigenvalue weighted by Gasteiger charge is 2.16. The van der Waals surface area contributed by atoms with Gasteiger partial charge in [0.2, 0.25) is 5.91 Å². The number of aryl methyl sites for hydroxylation is 2. The third kappa shape index (κ3) is 4.51. The minimum atomic E-state index is -2.85. The van der Waals surface area contributed by atoms with Crippen molar-refractivity contribution in [2.75, 3.05) is 0 Å². The van der Waals surface area contributed by atoms with Gasteiger partial charge in [-0.2, -0.15) is 8.78 Å². The fourth-order valence-electron chi connectivity index (χ4n) is 2.23. The van der Waals surface area contributed by atoms with Crippen LogP contribution in [-0.4, -0.2) is 17.7 Å². The molecule has 23 heavy (non-hydrogen) atoms. The van der Waals surface area contributed by atoms with Gasteiger partial charge in [-0.15, -0.1) is 0 Å². The van der Waals surface area contributed by atoms with Crippen molar-refractivity contribution in [2.45, 2.75) is 39.8 Å². The molecule has 1 atom stereocenters. The second kappa shape index (κ2) is 7.21. The number of hydrogen-bond acceptors (Lipinski definition) is 4. The van der Waals surface area contributed by atoms with Crippen LogP contribution in [0.4, 0.5) is 8.78 Å². The lowest BCUT2D eigenvalue weighted by atomic mass is 10.1. The lowest BCUT2D eigenvalue weighted by Crippen LogP contribution is -2.28. The van der Waals surface area contributed by atoms with Gasteiger partial charge in [0.25, 0.3) is 0 Å². The first-order chi connectivity index (χ1) is 10.9. The molecule has 124 valence electrons. The smallest absolute Gasteiger partial charge is 0.387 e. The molecule has 1 unspecified atom stereocenters. The van der Waals surface area contributed by atoms with E-state index in [-0.39, 0.29) is 24.1 Å². The normalized spacial score (nSPS) is 12.3. The molecule has 1 aromatic heterocycles. The summed E-state index contributed by atoms with van der Waals surface area (Å²) in [6.45, 7) is 2.50. The zero-order chi connectivity index (χ0) is 17.0. The van der Waals surface area contributed by atoms with Crippen LogP contribution in [-0.2, 0) is 11.2 Å². The van der Waals surface area contributed by atoms with E-state index in [1.54, 1.807) is 26.0 Å². The molecule has 0 spiro atoms. The SMILES string of the molecule is Cc1noc(C)c1CC(=O)NC(C)c1ccc(OC(F)F)cc1. The van der Waals surface area contributed by atoms with Crippen molar-refractivity contribution in [3.8, 4) is 5.75 Å². The number of aromatic nitrogens is 1. The van der Waals surface area contributed by atoms with Crippen molar-refractivity contribution in [2.24, 2.45) is 0 Å². The predicted molar refractivity (Wildman–Crippen MR) is 79.3 cm³/mol. The molecule has 0 bridgehead atoms. The Hall–Kier alpha value is -2.44. The number of carbonyl (C=O) groups excluding carboxylic acids is 1. The Morgan fingerprint density at radius 1 is 1.30 bits per heavy atom. The zero-order valence-electron chi connectivity index (χ0n) is 13.1. The molecule has 5 nitrogen and oxygen atoms in total. The van der Waals surface area contributed by atoms with E-state index < -0.39 is 6.61 Å². The second-order valence-corrected chi connectivity index (χ2v) is 5.22. The highest BCUT2D eigenvalue weighted by atomic mass is 19.3. The fraction of sp³-hybridized carbons (Fsp3) is 0.375. The van der Waals surface area contributed by atoms with Crippen LogP contribution in [0.3, 0.4) is 0 Å². The molecule has 2 rings (SSSR count). The van der Waals surface area contributed by atoms with Crippen LogP contribution in [0.15, 0.2) is 28.8 Å². The average Bonchev–Trinajstić information content (AvgIpc) is 2.79. The van der Waals surface area contributed by atoms with Gasteiger partial charge in [0.05, 0.1) is 18.2 Å². The average molecular weight is 324 g/mol. The highest BCUT2D eigenvalue weighted by Crippen LogP contribution is 2.19. The van der Waals surface area contributed by atoms with E-state index in [4.69, 9.17) is 4.52 Å². The van der Waals surface area contributed by atoms with Crippen LogP contribution in [0.2, 0.25) is 0 Å². The Morgan fingerprint density at radius 2 is 1.96 bits per heavy atom. The Bertz CT molecular complexity index is 649. The van der Waals surface area contributed by atoms with Crippen molar-refractivity contribution < 1.29 is 22.8 Å². The third-order valence-electron chi connectivity index (χ3n) is 3.50. The lowest BCUT2D eigenvalue weighted by molar-refractivity contribution is -0.121. The lowest BCUT2D eigenvalue weighted by Gasteiger charge is -2.15. The van der Waals surface area contributed by atoms with Gasteiger partial charge in [0.15, 0.2) is 0 Å². The molecule has 2 aromatic rings. The summed E-state index contributed by atoms with van der Waals surface area (Å²) in [6, 6.07) is 5.90. The number of nitrogens with zero attached hydrogens (tertiary/aromatic N) is 1. The number of nitrogens with one attached hydrogen (secondary N) is 1. The van der Waals surface area contributed by atoms with Gasteiger partial charge in [-0.25, -0.2) is 0 Å². The summed E-state index contributed by atoms with van der Waals surface area (Å²) < 4.78 is 33.5. The van der Waals surface area contributed by atoms with E-state index in [1.165, 1.54) is 12.1 Å². The Morgan fingerprint density at radius 3 is 2.48 bits per heavy atom. The van der Waals surface area contributed by atoms with Crippen molar-refractivity contribution in [1.82, 2.24) is 10.5 Å². The quantitative estimate of drug-likeness (QED) is 0.885. The van der Waals surface area contributed by atoms with Gasteiger partial charge in [0, 0.05) is 5.56 Å². The largest absolute Gasteiger partial charge is 0.435 e. The molecule has 7 heteroatoms. The van der Waals surface area contributed by atoms with E-state index in [9.17, 15) is 13.6 Å². The Kier molecular flexibility index (Phi) is 5.31. The molecule has 1 heterocycles. The first-order valence-electron chi connectivity index (χ1n) is 7.12. The minimum absolute atomic E-state index is 0.0815. The summed E-state index contributed by atoms with van der Waals surface area (Å²) in [5, 5.41) is 6.66. The minimum Gasteiger partial charge on any atom is -0.435 e. The molecule has 1 N–H and O–H groups in total. The highest BCUT2D eigenvalue weighted by molar-refractivity contribution is 5.79. The van der Waals surface area contributed by atoms with Crippen molar-refractivity contribution in [3.63, 3.8) is 0 Å². The number of alkyl halides is 2. The Balaban J connectivity index is 1.95. The van der Waals surface area contributed by atoms with Crippen LogP contribution in [0, 0.1) is 13.8 Å². The molecule has 0 aliphatic rings. The summed E-state index contributed by atoms with van der Waals surface area (Å²) in [6.07, 6.45) is 0.179. The molecule has 1 amide bonds. The van der Waals surface area contributed by atoms with E-state index in [0.29, 0.717) is 11.5 Å². The number of carbonyl (C=O) groups is 1. The van der Waals surface area contributed by atoms with Gasteiger partial charge in [-0.1, -0.05) is 17.3 Å². The van der Waals surface area contributed by atoms with Gasteiger partial charge in [0.1, 0.15) is 11.5 Å². The number of amides is 1. The molecule has 0 fully saturated rings. The van der Waals surface area contributed by atoms with Crippen LogP contribution < -0.4 is 10.1 Å². The van der Waals surface area contributed by atoms with Gasteiger partial charge in [-0.3, -0.25) is 4.79 Å². The monoisotopic (exact) mass is 324 g/mol. The van der Waals surface area contributed by atoms with E-state index in [0.717, 1.165) is 11.1 Å². The van der Waals surface area contributed by atoms with Crippen molar-refractivity contribution in [3.05, 3.63) is 46.8 Å². The summed E-state index contributed by atoms with van der Waals surface area (Å²) in [5.74, 6) is 0.539. The zero-order valence-corrected chi connectivity index (χ0v) is 13.1. The maximum atomic E-state index is 12.1. The van der Waals surface area contributed by atoms with Crippen LogP contribution in [0.1, 0.15) is 35.5 Å². The van der Waals surface area contributed by atoms with Gasteiger partial charge >= 0.3 is 6.61 Å². The molecule has 0 aliphatic carbocycles. The van der Waals surface area contributed by atoms with E-state index >= 15 is 0 Å². The summed E-state index contributed by atoms with van der Waals surface area (Å²) in [5.41, 5.74) is 2.26. The molecule has 0 saturated carbocycles. The third-order valence-corrected chi connectivity index (χ3v) is 3.50. The number of hydrogen-bond donors (Lipinski definition) is 1. The fourth-order valence-corrected chi connectivity index (χ4v) is 2.23. The Labute approximate surface area is 132 Å². The predicted octanol–water partition coefficient (Wildman–Crippen LogP) is 3.31. The maximum Gasteiger partial charge on any atom is 0.387 e. The number of rotatable bonds is 6. The number of benzene rings is 1. The second-order valence-electron chi connectivity index (χ2n) is 5.22. The maximum absolute atomic E-state index is 12.1.